The Balaban J connectivity index is 1.13. The van der Waals surface area contributed by atoms with Crippen molar-refractivity contribution >= 4 is 23.4 Å². The summed E-state index contributed by atoms with van der Waals surface area (Å²) in [7, 11) is 3.06. The summed E-state index contributed by atoms with van der Waals surface area (Å²) in [6.07, 6.45) is 7.74. The molecule has 6 atom stereocenters. The van der Waals surface area contributed by atoms with E-state index in [1.54, 1.807) is 12.1 Å². The predicted molar refractivity (Wildman–Crippen MR) is 158 cm³/mol. The van der Waals surface area contributed by atoms with Crippen molar-refractivity contribution in [2.75, 3.05) is 20.8 Å². The number of esters is 1. The lowest BCUT2D eigenvalue weighted by atomic mass is 9.46. The lowest BCUT2D eigenvalue weighted by Crippen LogP contribution is -2.58. The Kier molecular flexibility index (Phi) is 8.76. The van der Waals surface area contributed by atoms with Crippen LogP contribution in [0.4, 0.5) is 0 Å². The largest absolute Gasteiger partial charge is 0.493 e. The maximum atomic E-state index is 13.5. The van der Waals surface area contributed by atoms with Crippen molar-refractivity contribution in [1.29, 1.82) is 0 Å². The summed E-state index contributed by atoms with van der Waals surface area (Å²) in [4.78, 5) is 50.4. The number of ether oxygens (including phenoxy) is 3. The van der Waals surface area contributed by atoms with Crippen LogP contribution >= 0.6 is 0 Å². The predicted octanol–water partition coefficient (Wildman–Crippen LogP) is 4.48. The number of fused-ring (bicyclic) bond motifs is 5. The SMILES string of the molecule is COc1cccc(CNC(=O)CCC(=O)OCC(=O)[C@]2(O)CC[C@@H]3[C@H]4CCC5=CC(=O)CC[C@]5(C)[C@@H]4CC[C@@]32C)c1OC. The second-order valence-electron chi connectivity index (χ2n) is 13.3. The van der Waals surface area contributed by atoms with E-state index in [-0.39, 0.29) is 42.4 Å². The molecule has 3 fully saturated rings. The average Bonchev–Trinajstić information content (AvgIpc) is 3.28. The standard InChI is InChI=1S/C34H45NO8/c1-32-15-12-23(36)18-22(32)8-9-24-25(32)13-16-33(2)26(24)14-17-34(33,40)28(37)20-43-30(39)11-10-29(38)35-19-21-6-5-7-27(41-3)31(21)42-4/h5-7,18,24-26,40H,8-17,19-20H2,1-4H3,(H,35,38)/t24-,25+,26+,32-,33-,34+/m0/s1. The molecule has 1 aromatic carbocycles. The Morgan fingerprint density at radius 2 is 1.74 bits per heavy atom. The molecule has 3 saturated carbocycles. The molecular weight excluding hydrogens is 550 g/mol. The van der Waals surface area contributed by atoms with Gasteiger partial charge in [0.05, 0.1) is 20.6 Å². The van der Waals surface area contributed by atoms with Gasteiger partial charge in [0.15, 0.2) is 23.9 Å². The number of amides is 1. The zero-order valence-electron chi connectivity index (χ0n) is 25.8. The molecule has 0 aromatic heterocycles. The first-order valence-corrected chi connectivity index (χ1v) is 15.6. The number of carbonyl (C=O) groups is 4. The number of Topliss-reactive ketones (excluding diaryl/α,β-unsaturated/α-hetero) is 1. The number of nitrogens with one attached hydrogen (secondary N) is 1. The molecule has 0 bridgehead atoms. The molecule has 0 radical (unpaired) electrons. The van der Waals surface area contributed by atoms with Crippen LogP contribution in [0, 0.1) is 28.6 Å². The van der Waals surface area contributed by atoms with Crippen molar-refractivity contribution < 1.29 is 38.5 Å². The van der Waals surface area contributed by atoms with E-state index in [4.69, 9.17) is 14.2 Å². The number of rotatable bonds is 10. The van der Waals surface area contributed by atoms with E-state index in [2.05, 4.69) is 12.2 Å². The lowest BCUT2D eigenvalue weighted by Gasteiger charge is -2.58. The first-order chi connectivity index (χ1) is 20.5. The second-order valence-corrected chi connectivity index (χ2v) is 13.3. The number of ketones is 2. The minimum Gasteiger partial charge on any atom is -0.493 e. The molecule has 9 nitrogen and oxygen atoms in total. The topological polar surface area (TPSA) is 128 Å². The van der Waals surface area contributed by atoms with Crippen LogP contribution in [0.15, 0.2) is 29.8 Å². The van der Waals surface area contributed by atoms with Gasteiger partial charge in [-0.05, 0) is 80.3 Å². The Hall–Kier alpha value is -3.20. The van der Waals surface area contributed by atoms with Crippen LogP contribution < -0.4 is 14.8 Å². The molecule has 0 saturated heterocycles. The highest BCUT2D eigenvalue weighted by Crippen LogP contribution is 2.67. The molecule has 0 heterocycles. The number of aliphatic hydroxyl groups is 1. The summed E-state index contributed by atoms with van der Waals surface area (Å²) >= 11 is 0. The summed E-state index contributed by atoms with van der Waals surface area (Å²) < 4.78 is 15.9. The molecule has 4 aliphatic carbocycles. The summed E-state index contributed by atoms with van der Waals surface area (Å²) in [5.74, 6) is 0.930. The highest BCUT2D eigenvalue weighted by Gasteiger charge is 2.66. The van der Waals surface area contributed by atoms with Gasteiger partial charge in [0.2, 0.25) is 11.7 Å². The van der Waals surface area contributed by atoms with Crippen molar-refractivity contribution in [2.24, 2.45) is 28.6 Å². The van der Waals surface area contributed by atoms with Crippen molar-refractivity contribution in [1.82, 2.24) is 5.32 Å². The Morgan fingerprint density at radius 3 is 2.49 bits per heavy atom. The molecule has 0 aliphatic heterocycles. The fourth-order valence-electron chi connectivity index (χ4n) is 8.96. The zero-order valence-corrected chi connectivity index (χ0v) is 25.8. The monoisotopic (exact) mass is 595 g/mol. The Bertz CT molecular complexity index is 1320. The average molecular weight is 596 g/mol. The zero-order chi connectivity index (χ0) is 31.0. The molecule has 0 spiro atoms. The first kappa shape index (κ1) is 31.2. The highest BCUT2D eigenvalue weighted by molar-refractivity contribution is 5.92. The van der Waals surface area contributed by atoms with Gasteiger partial charge in [0.25, 0.3) is 0 Å². The fourth-order valence-corrected chi connectivity index (χ4v) is 8.96. The Morgan fingerprint density at radius 1 is 0.977 bits per heavy atom. The van der Waals surface area contributed by atoms with Gasteiger partial charge in [0.1, 0.15) is 5.60 Å². The third-order valence-electron chi connectivity index (χ3n) is 11.5. The second kappa shape index (κ2) is 12.1. The van der Waals surface area contributed by atoms with E-state index in [1.807, 2.05) is 19.1 Å². The van der Waals surface area contributed by atoms with Crippen molar-refractivity contribution in [2.45, 2.75) is 90.2 Å². The van der Waals surface area contributed by atoms with Crippen LogP contribution in [0.1, 0.15) is 83.6 Å². The van der Waals surface area contributed by atoms with Gasteiger partial charge in [-0.3, -0.25) is 19.2 Å². The van der Waals surface area contributed by atoms with Crippen molar-refractivity contribution in [3.63, 3.8) is 0 Å². The fraction of sp³-hybridized carbons (Fsp3) is 0.647. The maximum Gasteiger partial charge on any atom is 0.306 e. The summed E-state index contributed by atoms with van der Waals surface area (Å²) in [5, 5.41) is 14.6. The van der Waals surface area contributed by atoms with Crippen LogP contribution in [-0.2, 0) is 30.5 Å². The number of para-hydroxylation sites is 1. The van der Waals surface area contributed by atoms with Gasteiger partial charge in [-0.2, -0.15) is 0 Å². The molecule has 234 valence electrons. The van der Waals surface area contributed by atoms with Gasteiger partial charge >= 0.3 is 5.97 Å². The minimum absolute atomic E-state index is 0.0186. The number of methoxy groups -OCH3 is 2. The molecule has 2 N–H and O–H groups in total. The number of hydrogen-bond donors (Lipinski definition) is 2. The van der Waals surface area contributed by atoms with Gasteiger partial charge < -0.3 is 24.6 Å². The summed E-state index contributed by atoms with van der Waals surface area (Å²) in [5.41, 5.74) is -0.0816. The van der Waals surface area contributed by atoms with Crippen LogP contribution in [0.25, 0.3) is 0 Å². The summed E-state index contributed by atoms with van der Waals surface area (Å²) in [6, 6.07) is 5.37. The molecule has 43 heavy (non-hydrogen) atoms. The quantitative estimate of drug-likeness (QED) is 0.379. The molecule has 9 heteroatoms. The van der Waals surface area contributed by atoms with Gasteiger partial charge in [-0.25, -0.2) is 0 Å². The van der Waals surface area contributed by atoms with Crippen molar-refractivity contribution in [3.05, 3.63) is 35.4 Å². The smallest absolute Gasteiger partial charge is 0.306 e. The number of allylic oxidation sites excluding steroid dienone is 1. The molecule has 4 aliphatic rings. The summed E-state index contributed by atoms with van der Waals surface area (Å²) in [6.45, 7) is 4.06. The van der Waals surface area contributed by atoms with E-state index in [0.29, 0.717) is 36.2 Å². The van der Waals surface area contributed by atoms with Gasteiger partial charge in [-0.1, -0.05) is 31.6 Å². The lowest BCUT2D eigenvalue weighted by molar-refractivity contribution is -0.170. The number of hydrogen-bond acceptors (Lipinski definition) is 8. The number of benzene rings is 1. The van der Waals surface area contributed by atoms with Crippen LogP contribution in [0.3, 0.4) is 0 Å². The van der Waals surface area contributed by atoms with E-state index in [9.17, 15) is 24.3 Å². The molecule has 0 unspecified atom stereocenters. The van der Waals surface area contributed by atoms with Gasteiger partial charge in [-0.15, -0.1) is 0 Å². The van der Waals surface area contributed by atoms with E-state index in [0.717, 1.165) is 44.1 Å². The highest BCUT2D eigenvalue weighted by atomic mass is 16.5. The van der Waals surface area contributed by atoms with Gasteiger partial charge in [0, 0.05) is 30.4 Å². The van der Waals surface area contributed by atoms with Crippen LogP contribution in [0.2, 0.25) is 0 Å². The molecular formula is C34H45NO8. The van der Waals surface area contributed by atoms with Crippen molar-refractivity contribution in [3.8, 4) is 11.5 Å². The number of carbonyl (C=O) groups excluding carboxylic acids is 4. The maximum absolute atomic E-state index is 13.5. The van der Waals surface area contributed by atoms with Crippen LogP contribution in [-0.4, -0.2) is 55.0 Å². The first-order valence-electron chi connectivity index (χ1n) is 15.6. The van der Waals surface area contributed by atoms with Crippen LogP contribution in [0.5, 0.6) is 11.5 Å². The molecule has 1 aromatic rings. The third-order valence-corrected chi connectivity index (χ3v) is 11.5. The Labute approximate surface area is 253 Å². The van der Waals surface area contributed by atoms with E-state index >= 15 is 0 Å². The third kappa shape index (κ3) is 5.49. The van der Waals surface area contributed by atoms with E-state index in [1.165, 1.54) is 19.8 Å². The van der Waals surface area contributed by atoms with E-state index < -0.39 is 29.4 Å². The normalized spacial score (nSPS) is 32.9. The molecule has 5 rings (SSSR count). The minimum atomic E-state index is -1.55. The molecule has 1 amide bonds.